The van der Waals surface area contributed by atoms with Crippen molar-refractivity contribution in [1.29, 1.82) is 0 Å². The number of benzene rings is 2. The van der Waals surface area contributed by atoms with Crippen LogP contribution in [-0.2, 0) is 37.3 Å². The number of hydrogen-bond acceptors (Lipinski definition) is 2. The fourth-order valence-electron chi connectivity index (χ4n) is 5.25. The maximum absolute atomic E-state index is 5.24. The number of nitrogens with zero attached hydrogens (tertiary/aromatic N) is 5. The summed E-state index contributed by atoms with van der Waals surface area (Å²) in [6.07, 6.45) is 4.09. The number of hydrogen-bond donors (Lipinski definition) is 0. The van der Waals surface area contributed by atoms with Crippen molar-refractivity contribution in [1.82, 2.24) is 24.5 Å². The molecule has 0 saturated heterocycles. The van der Waals surface area contributed by atoms with Crippen molar-refractivity contribution in [2.75, 3.05) is 0 Å². The molecule has 0 radical (unpaired) electrons. The van der Waals surface area contributed by atoms with Gasteiger partial charge in [-0.15, -0.1) is 6.07 Å². The van der Waals surface area contributed by atoms with E-state index in [1.54, 1.807) is 0 Å². The minimum atomic E-state index is -0.372. The molecule has 0 saturated carbocycles. The molecule has 1 aliphatic heterocycles. The first-order chi connectivity index (χ1) is 16.5. The molecule has 36 heavy (non-hydrogen) atoms. The van der Waals surface area contributed by atoms with Crippen LogP contribution in [0.1, 0.15) is 69.8 Å². The van der Waals surface area contributed by atoms with Gasteiger partial charge in [-0.2, -0.15) is 28.4 Å². The van der Waals surface area contributed by atoms with E-state index >= 15 is 0 Å². The van der Waals surface area contributed by atoms with Gasteiger partial charge in [-0.3, -0.25) is 9.78 Å². The molecule has 186 valence electrons. The monoisotopic (exact) mass is 656 g/mol. The van der Waals surface area contributed by atoms with Crippen LogP contribution in [0, 0.1) is 13.0 Å². The molecule has 0 unspecified atom stereocenters. The van der Waals surface area contributed by atoms with Gasteiger partial charge < -0.3 is 9.67 Å². The van der Waals surface area contributed by atoms with Gasteiger partial charge in [0.15, 0.2) is 0 Å². The molecule has 6 rings (SSSR count). The quantitative estimate of drug-likeness (QED) is 0.188. The normalized spacial score (nSPS) is 17.2. The summed E-state index contributed by atoms with van der Waals surface area (Å²) >= 11 is 0. The molecule has 0 spiro atoms. The van der Waals surface area contributed by atoms with E-state index < -0.39 is 0 Å². The Hall–Kier alpha value is -2.91. The molecule has 1 aliphatic rings. The first kappa shape index (κ1) is 24.8. The van der Waals surface area contributed by atoms with Crippen molar-refractivity contribution >= 4 is 10.8 Å². The smallest absolute Gasteiger partial charge is 0.437 e. The molecule has 8 bridgehead atoms. The molecule has 0 aliphatic carbocycles. The molecule has 5 nitrogen and oxygen atoms in total. The zero-order valence-electron chi connectivity index (χ0n) is 21.8. The Morgan fingerprint density at radius 2 is 1.36 bits per heavy atom. The van der Waals surface area contributed by atoms with E-state index in [2.05, 4.69) is 103 Å². The second kappa shape index (κ2) is 8.04. The van der Waals surface area contributed by atoms with Crippen molar-refractivity contribution in [2.45, 2.75) is 64.7 Å². The number of rotatable bonds is 0. The molecule has 4 heterocycles. The van der Waals surface area contributed by atoms with Gasteiger partial charge in [-0.1, -0.05) is 78.9 Å². The maximum Gasteiger partial charge on any atom is 2.00 e. The van der Waals surface area contributed by atoms with Crippen molar-refractivity contribution in [3.05, 3.63) is 95.2 Å². The van der Waals surface area contributed by atoms with Gasteiger partial charge in [0.2, 0.25) is 0 Å². The van der Waals surface area contributed by atoms with Crippen LogP contribution >= 0.6 is 0 Å². The molecule has 0 amide bonds. The molecule has 0 N–H and O–H groups in total. The zero-order chi connectivity index (χ0) is 24.8. The second-order valence-electron chi connectivity index (χ2n) is 11.5. The number of aromatic nitrogens is 5. The first-order valence-electron chi connectivity index (χ1n) is 12.2. The Balaban J connectivity index is 0.00000267. The van der Waals surface area contributed by atoms with E-state index in [0.717, 1.165) is 44.9 Å². The summed E-state index contributed by atoms with van der Waals surface area (Å²) in [7, 11) is 0. The standard InChI is InChI=1S/C30H31N5.Pt/c1-19-16-20-18-21(17-19)34-14-12-24(32-34)29(4,5)30(6,7)25-13-15-35(33-25)27-23-11-9-8-10-22(23)26(31-27)28(20,2)3;/h8-17H,1-7H3;/q-2;+2. The predicted octanol–water partition coefficient (Wildman–Crippen LogP) is 6.17. The molecular formula is C30H31N5Pt. The third kappa shape index (κ3) is 3.39. The minimum absolute atomic E-state index is 0. The van der Waals surface area contributed by atoms with Gasteiger partial charge in [0, 0.05) is 22.7 Å². The van der Waals surface area contributed by atoms with Crippen LogP contribution in [0.5, 0.6) is 0 Å². The Kier molecular flexibility index (Phi) is 5.53. The van der Waals surface area contributed by atoms with Crippen LogP contribution in [0.4, 0.5) is 0 Å². The SMILES string of the molecule is Cc1cc2[c-]c(c1)C(C)(C)c1[n-]c(c3ccccc13)-n1ccc(n1)C(C)(C)C(C)(C)c1ccn-2n1.[Pt+2]. The summed E-state index contributed by atoms with van der Waals surface area (Å²) in [6, 6.07) is 20.8. The summed E-state index contributed by atoms with van der Waals surface area (Å²) in [5.74, 6) is 0.869. The Bertz CT molecular complexity index is 1590. The van der Waals surface area contributed by atoms with Crippen LogP contribution in [0.3, 0.4) is 0 Å². The summed E-state index contributed by atoms with van der Waals surface area (Å²) in [4.78, 5) is 5.24. The molecular weight excluding hydrogens is 625 g/mol. The van der Waals surface area contributed by atoms with Crippen LogP contribution in [0.15, 0.2) is 60.9 Å². The predicted molar refractivity (Wildman–Crippen MR) is 140 cm³/mol. The zero-order valence-corrected chi connectivity index (χ0v) is 24.1. The summed E-state index contributed by atoms with van der Waals surface area (Å²) in [5, 5.41) is 12.4. The molecule has 5 aromatic rings. The second-order valence-corrected chi connectivity index (χ2v) is 11.5. The summed E-state index contributed by atoms with van der Waals surface area (Å²) in [6.45, 7) is 15.6. The van der Waals surface area contributed by atoms with Crippen molar-refractivity contribution in [3.63, 3.8) is 0 Å². The summed E-state index contributed by atoms with van der Waals surface area (Å²) in [5.41, 5.74) is 5.38. The Labute approximate surface area is 227 Å². The first-order valence-corrected chi connectivity index (χ1v) is 12.2. The molecule has 0 fully saturated rings. The van der Waals surface area contributed by atoms with E-state index in [1.807, 2.05) is 21.8 Å². The summed E-state index contributed by atoms with van der Waals surface area (Å²) < 4.78 is 3.90. The van der Waals surface area contributed by atoms with Crippen molar-refractivity contribution in [2.24, 2.45) is 0 Å². The molecule has 2 aromatic carbocycles. The van der Waals surface area contributed by atoms with Crippen LogP contribution in [0.25, 0.3) is 22.3 Å². The fraction of sp³-hybridized carbons (Fsp3) is 0.333. The molecule has 0 atom stereocenters. The number of aryl methyl sites for hydroxylation is 1. The third-order valence-electron chi connectivity index (χ3n) is 8.39. The van der Waals surface area contributed by atoms with Gasteiger partial charge in [0.25, 0.3) is 0 Å². The van der Waals surface area contributed by atoms with Gasteiger partial charge in [0.1, 0.15) is 0 Å². The van der Waals surface area contributed by atoms with E-state index in [0.29, 0.717) is 0 Å². The Morgan fingerprint density at radius 3 is 2.03 bits per heavy atom. The fourth-order valence-corrected chi connectivity index (χ4v) is 5.25. The largest absolute Gasteiger partial charge is 2.00 e. The van der Waals surface area contributed by atoms with E-state index in [1.165, 1.54) is 5.56 Å². The van der Waals surface area contributed by atoms with Crippen LogP contribution in [-0.4, -0.2) is 19.6 Å². The van der Waals surface area contributed by atoms with E-state index in [4.69, 9.17) is 15.2 Å². The third-order valence-corrected chi connectivity index (χ3v) is 8.39. The molecule has 3 aromatic heterocycles. The van der Waals surface area contributed by atoms with Crippen LogP contribution < -0.4 is 4.98 Å². The van der Waals surface area contributed by atoms with Gasteiger partial charge in [-0.25, -0.2) is 0 Å². The van der Waals surface area contributed by atoms with Crippen molar-refractivity contribution < 1.29 is 21.1 Å². The Morgan fingerprint density at radius 1 is 0.778 bits per heavy atom. The van der Waals surface area contributed by atoms with Crippen molar-refractivity contribution in [3.8, 4) is 11.5 Å². The van der Waals surface area contributed by atoms with Gasteiger partial charge in [-0.05, 0) is 45.5 Å². The van der Waals surface area contributed by atoms with Gasteiger partial charge >= 0.3 is 21.1 Å². The van der Waals surface area contributed by atoms with E-state index in [9.17, 15) is 0 Å². The topological polar surface area (TPSA) is 49.7 Å². The van der Waals surface area contributed by atoms with Crippen LogP contribution in [0.2, 0.25) is 0 Å². The maximum atomic E-state index is 5.24. The van der Waals surface area contributed by atoms with Gasteiger partial charge in [0.05, 0.1) is 5.69 Å². The molecule has 6 heteroatoms. The average Bonchev–Trinajstić information content (AvgIpc) is 3.56. The number of fused-ring (bicyclic) bond motifs is 13. The van der Waals surface area contributed by atoms with E-state index in [-0.39, 0.29) is 37.3 Å². The average molecular weight is 657 g/mol. The minimum Gasteiger partial charge on any atom is -0.437 e.